The molecule has 25 heavy (non-hydrogen) atoms. The fourth-order valence-corrected chi connectivity index (χ4v) is 3.31. The van der Waals surface area contributed by atoms with Crippen LogP contribution in [0.5, 0.6) is 0 Å². The van der Waals surface area contributed by atoms with E-state index in [1.165, 1.54) is 0 Å². The molecule has 1 aromatic heterocycles. The van der Waals surface area contributed by atoms with E-state index in [4.69, 9.17) is 4.52 Å². The number of aromatic nitrogens is 1. The molecule has 2 aromatic rings. The highest BCUT2D eigenvalue weighted by Crippen LogP contribution is 2.22. The van der Waals surface area contributed by atoms with Crippen LogP contribution in [0.25, 0.3) is 0 Å². The molecule has 0 bridgehead atoms. The van der Waals surface area contributed by atoms with Gasteiger partial charge in [-0.2, -0.15) is 0 Å². The summed E-state index contributed by atoms with van der Waals surface area (Å²) in [7, 11) is 3.91. The maximum absolute atomic E-state index is 13.0. The first kappa shape index (κ1) is 17.6. The maximum atomic E-state index is 13.0. The van der Waals surface area contributed by atoms with Crippen LogP contribution in [0.1, 0.15) is 23.1 Å². The van der Waals surface area contributed by atoms with E-state index < -0.39 is 0 Å². The Bertz CT molecular complexity index is 690. The van der Waals surface area contributed by atoms with Gasteiger partial charge in [-0.05, 0) is 26.6 Å². The Morgan fingerprint density at radius 3 is 2.44 bits per heavy atom. The first-order valence-corrected chi connectivity index (χ1v) is 8.69. The van der Waals surface area contributed by atoms with Crippen molar-refractivity contribution >= 4 is 5.91 Å². The minimum Gasteiger partial charge on any atom is -0.360 e. The monoisotopic (exact) mass is 342 g/mol. The average molecular weight is 342 g/mol. The minimum absolute atomic E-state index is 0.173. The van der Waals surface area contributed by atoms with Crippen molar-refractivity contribution in [1.29, 1.82) is 0 Å². The predicted molar refractivity (Wildman–Crippen MR) is 96.0 cm³/mol. The zero-order valence-corrected chi connectivity index (χ0v) is 15.2. The van der Waals surface area contributed by atoms with Crippen molar-refractivity contribution in [2.75, 3.05) is 40.3 Å². The molecule has 3 rings (SSSR count). The van der Waals surface area contributed by atoms with Gasteiger partial charge in [-0.1, -0.05) is 35.5 Å². The molecule has 1 saturated heterocycles. The molecule has 1 aliphatic heterocycles. The van der Waals surface area contributed by atoms with Gasteiger partial charge in [0.05, 0.1) is 12.2 Å². The van der Waals surface area contributed by atoms with Gasteiger partial charge in [0.1, 0.15) is 6.04 Å². The molecule has 0 N–H and O–H groups in total. The van der Waals surface area contributed by atoms with Gasteiger partial charge in [-0.3, -0.25) is 14.6 Å². The largest absolute Gasteiger partial charge is 0.360 e. The van der Waals surface area contributed by atoms with Gasteiger partial charge in [0.15, 0.2) is 5.76 Å². The van der Waals surface area contributed by atoms with Gasteiger partial charge >= 0.3 is 0 Å². The lowest BCUT2D eigenvalue weighted by Crippen LogP contribution is -2.51. The number of carbonyl (C=O) groups is 1. The number of rotatable bonds is 5. The van der Waals surface area contributed by atoms with E-state index in [1.54, 1.807) is 0 Å². The quantitative estimate of drug-likeness (QED) is 0.831. The summed E-state index contributed by atoms with van der Waals surface area (Å²) >= 11 is 0. The molecule has 0 saturated carbocycles. The number of benzene rings is 1. The normalized spacial score (nSPS) is 17.0. The van der Waals surface area contributed by atoms with Crippen molar-refractivity contribution in [2.24, 2.45) is 0 Å². The van der Waals surface area contributed by atoms with Crippen molar-refractivity contribution in [3.05, 3.63) is 53.4 Å². The smallest absolute Gasteiger partial charge is 0.244 e. The second kappa shape index (κ2) is 7.80. The fraction of sp³-hybridized carbons (Fsp3) is 0.474. The summed E-state index contributed by atoms with van der Waals surface area (Å²) in [6, 6.07) is 11.7. The molecular weight excluding hydrogens is 316 g/mol. The summed E-state index contributed by atoms with van der Waals surface area (Å²) in [6.07, 6.45) is 0. The molecular formula is C19H26N4O2. The molecule has 6 nitrogen and oxygen atoms in total. The van der Waals surface area contributed by atoms with Crippen molar-refractivity contribution in [1.82, 2.24) is 19.9 Å². The molecule has 0 spiro atoms. The molecule has 1 atom stereocenters. The highest BCUT2D eigenvalue weighted by Gasteiger charge is 2.30. The first-order valence-electron chi connectivity index (χ1n) is 8.69. The van der Waals surface area contributed by atoms with Crippen LogP contribution in [0.2, 0.25) is 0 Å². The van der Waals surface area contributed by atoms with E-state index in [0.29, 0.717) is 0 Å². The number of amides is 1. The van der Waals surface area contributed by atoms with Crippen LogP contribution in [0.3, 0.4) is 0 Å². The maximum Gasteiger partial charge on any atom is 0.244 e. The number of piperazine rings is 1. The van der Waals surface area contributed by atoms with E-state index in [9.17, 15) is 4.79 Å². The van der Waals surface area contributed by atoms with E-state index in [-0.39, 0.29) is 11.9 Å². The Morgan fingerprint density at radius 2 is 1.88 bits per heavy atom. The number of aryl methyl sites for hydroxylation is 1. The summed E-state index contributed by atoms with van der Waals surface area (Å²) in [6.45, 7) is 5.85. The zero-order valence-electron chi connectivity index (χ0n) is 15.2. The molecule has 0 unspecified atom stereocenters. The van der Waals surface area contributed by atoms with Gasteiger partial charge in [-0.15, -0.1) is 0 Å². The van der Waals surface area contributed by atoms with Crippen LogP contribution < -0.4 is 0 Å². The minimum atomic E-state index is -0.232. The number of hydrogen-bond acceptors (Lipinski definition) is 5. The molecule has 1 aliphatic rings. The molecule has 2 heterocycles. The molecule has 1 fully saturated rings. The summed E-state index contributed by atoms with van der Waals surface area (Å²) in [5, 5.41) is 3.93. The molecule has 134 valence electrons. The highest BCUT2D eigenvalue weighted by molar-refractivity contribution is 5.83. The van der Waals surface area contributed by atoms with Gasteiger partial charge in [0.2, 0.25) is 5.91 Å². The van der Waals surface area contributed by atoms with Crippen LogP contribution in [0.4, 0.5) is 0 Å². The van der Waals surface area contributed by atoms with Gasteiger partial charge < -0.3 is 9.42 Å². The lowest BCUT2D eigenvalue weighted by Gasteiger charge is -2.37. The Kier molecular flexibility index (Phi) is 5.50. The van der Waals surface area contributed by atoms with E-state index >= 15 is 0 Å². The molecule has 1 aromatic carbocycles. The van der Waals surface area contributed by atoms with Gasteiger partial charge in [0.25, 0.3) is 0 Å². The molecule has 0 aliphatic carbocycles. The van der Waals surface area contributed by atoms with Gasteiger partial charge in [-0.25, -0.2) is 0 Å². The predicted octanol–water partition coefficient (Wildman–Crippen LogP) is 1.93. The van der Waals surface area contributed by atoms with Crippen LogP contribution >= 0.6 is 0 Å². The topological polar surface area (TPSA) is 52.8 Å². The summed E-state index contributed by atoms with van der Waals surface area (Å²) in [4.78, 5) is 19.3. The second-order valence-electron chi connectivity index (χ2n) is 6.81. The first-order chi connectivity index (χ1) is 12.0. The van der Waals surface area contributed by atoms with Gasteiger partial charge in [0, 0.05) is 32.2 Å². The lowest BCUT2D eigenvalue weighted by atomic mass is 10.0. The number of hydrogen-bond donors (Lipinski definition) is 0. The van der Waals surface area contributed by atoms with Crippen molar-refractivity contribution in [3.8, 4) is 0 Å². The second-order valence-corrected chi connectivity index (χ2v) is 6.81. The SMILES string of the molecule is Cc1cc(CN2CCN(C(=O)[C@H](c3ccccc3)N(C)C)CC2)on1. The third-order valence-electron chi connectivity index (χ3n) is 4.61. The number of nitrogens with zero attached hydrogens (tertiary/aromatic N) is 4. The van der Waals surface area contributed by atoms with Crippen LogP contribution in [0, 0.1) is 6.92 Å². The Hall–Kier alpha value is -2.18. The van der Waals surface area contributed by atoms with Crippen molar-refractivity contribution < 1.29 is 9.32 Å². The standard InChI is InChI=1S/C19H26N4O2/c1-15-13-17(25-20-15)14-22-9-11-23(12-10-22)19(24)18(21(2)3)16-7-5-4-6-8-16/h4-8,13,18H,9-12,14H2,1-3H3/t18-/m0/s1. The Balaban J connectivity index is 1.60. The summed E-state index contributed by atoms with van der Waals surface area (Å²) in [5.74, 6) is 1.05. The zero-order chi connectivity index (χ0) is 17.8. The van der Waals surface area contributed by atoms with E-state index in [2.05, 4.69) is 10.1 Å². The fourth-order valence-electron chi connectivity index (χ4n) is 3.31. The van der Waals surface area contributed by atoms with Crippen LogP contribution in [-0.4, -0.2) is 66.0 Å². The van der Waals surface area contributed by atoms with Crippen LogP contribution in [-0.2, 0) is 11.3 Å². The third kappa shape index (κ3) is 4.27. The van der Waals surface area contributed by atoms with Crippen molar-refractivity contribution in [2.45, 2.75) is 19.5 Å². The molecule has 0 radical (unpaired) electrons. The summed E-state index contributed by atoms with van der Waals surface area (Å²) in [5.41, 5.74) is 1.94. The number of carbonyl (C=O) groups excluding carboxylic acids is 1. The van der Waals surface area contributed by atoms with Crippen molar-refractivity contribution in [3.63, 3.8) is 0 Å². The van der Waals surface area contributed by atoms with E-state index in [1.807, 2.05) is 67.2 Å². The third-order valence-corrected chi connectivity index (χ3v) is 4.61. The molecule has 6 heteroatoms. The Labute approximate surface area is 149 Å². The van der Waals surface area contributed by atoms with Crippen LogP contribution in [0.15, 0.2) is 40.9 Å². The van der Waals surface area contributed by atoms with E-state index in [0.717, 1.165) is 49.7 Å². The lowest BCUT2D eigenvalue weighted by molar-refractivity contribution is -0.138. The average Bonchev–Trinajstić information content (AvgIpc) is 3.01. The molecule has 1 amide bonds. The Morgan fingerprint density at radius 1 is 1.20 bits per heavy atom. The highest BCUT2D eigenvalue weighted by atomic mass is 16.5. The number of likely N-dealkylation sites (N-methyl/N-ethyl adjacent to an activating group) is 1. The summed E-state index contributed by atoms with van der Waals surface area (Å²) < 4.78 is 5.29.